The molecule has 2 aliphatic heterocycles. The van der Waals surface area contributed by atoms with Gasteiger partial charge in [0.15, 0.2) is 0 Å². The highest BCUT2D eigenvalue weighted by Gasteiger charge is 2.34. The lowest BCUT2D eigenvalue weighted by Crippen LogP contribution is -2.40. The van der Waals surface area contributed by atoms with Gasteiger partial charge in [0.2, 0.25) is 5.91 Å². The number of aromatic hydroxyl groups is 1. The van der Waals surface area contributed by atoms with Crippen LogP contribution in [0, 0.1) is 11.8 Å². The lowest BCUT2D eigenvalue weighted by molar-refractivity contribution is -0.115. The van der Waals surface area contributed by atoms with Crippen molar-refractivity contribution in [3.63, 3.8) is 0 Å². The number of allylic oxidation sites excluding steroid dienone is 1. The molecule has 2 aliphatic rings. The van der Waals surface area contributed by atoms with Gasteiger partial charge in [-0.25, -0.2) is 4.79 Å². The first kappa shape index (κ1) is 22.6. The van der Waals surface area contributed by atoms with Crippen LogP contribution in [-0.4, -0.2) is 46.5 Å². The highest BCUT2D eigenvalue weighted by molar-refractivity contribution is 5.94. The lowest BCUT2D eigenvalue weighted by atomic mass is 9.91. The topological polar surface area (TPSA) is 105 Å². The van der Waals surface area contributed by atoms with E-state index < -0.39 is 18.2 Å². The number of hydrogen-bond acceptors (Lipinski definition) is 6. The lowest BCUT2D eigenvalue weighted by Gasteiger charge is -2.36. The summed E-state index contributed by atoms with van der Waals surface area (Å²) in [6, 6.07) is 4.89. The molecular formula is C24H27NO6. The van der Waals surface area contributed by atoms with E-state index in [-0.39, 0.29) is 29.4 Å². The molecular weight excluding hydrogens is 398 g/mol. The van der Waals surface area contributed by atoms with E-state index in [4.69, 9.17) is 9.47 Å². The van der Waals surface area contributed by atoms with Crippen LogP contribution in [0.3, 0.4) is 0 Å². The van der Waals surface area contributed by atoms with Gasteiger partial charge in [-0.15, -0.1) is 5.92 Å². The number of esters is 1. The van der Waals surface area contributed by atoms with E-state index in [2.05, 4.69) is 17.2 Å². The van der Waals surface area contributed by atoms with Crippen LogP contribution in [0.1, 0.15) is 48.5 Å². The van der Waals surface area contributed by atoms with Crippen LogP contribution >= 0.6 is 0 Å². The Bertz CT molecular complexity index is 926. The van der Waals surface area contributed by atoms with Gasteiger partial charge in [-0.1, -0.05) is 24.1 Å². The highest BCUT2D eigenvalue weighted by Crippen LogP contribution is 2.32. The maximum atomic E-state index is 12.8. The number of carbonyl (C=O) groups is 2. The number of aliphatic hydroxyl groups excluding tert-OH is 1. The number of amides is 1. The molecule has 2 heterocycles. The number of rotatable bonds is 4. The van der Waals surface area contributed by atoms with Gasteiger partial charge in [0.05, 0.1) is 18.3 Å². The zero-order valence-electron chi connectivity index (χ0n) is 17.4. The van der Waals surface area contributed by atoms with Crippen molar-refractivity contribution in [1.29, 1.82) is 0 Å². The molecule has 1 amide bonds. The van der Waals surface area contributed by atoms with Crippen molar-refractivity contribution in [3.8, 4) is 17.6 Å². The number of nitrogens with one attached hydrogen (secondary N) is 1. The van der Waals surface area contributed by atoms with Gasteiger partial charge in [-0.3, -0.25) is 4.79 Å². The molecule has 1 aromatic rings. The minimum Gasteiger partial charge on any atom is -0.507 e. The maximum Gasteiger partial charge on any atom is 0.342 e. The Morgan fingerprint density at radius 3 is 2.90 bits per heavy atom. The van der Waals surface area contributed by atoms with Gasteiger partial charge in [0.25, 0.3) is 0 Å². The number of hydrogen-bond donors (Lipinski definition) is 3. The number of phenolic OH excluding ortho intramolecular Hbond substituents is 1. The molecule has 164 valence electrons. The highest BCUT2D eigenvalue weighted by atomic mass is 16.5. The van der Waals surface area contributed by atoms with Crippen molar-refractivity contribution in [2.24, 2.45) is 0 Å². The fourth-order valence-electron chi connectivity index (χ4n) is 3.91. The number of benzene rings is 1. The summed E-state index contributed by atoms with van der Waals surface area (Å²) < 4.78 is 11.8. The van der Waals surface area contributed by atoms with Gasteiger partial charge in [0.1, 0.15) is 17.4 Å². The predicted octanol–water partition coefficient (Wildman–Crippen LogP) is 2.37. The first-order chi connectivity index (χ1) is 15.0. The minimum absolute atomic E-state index is 0.133. The SMILES string of the molecule is CC#C/C=C/C(=O)N/C=C/C[C@H]1C[C@@H]2C[C@@H](O)C[C@@H](Cc3cccc(O)c3C(=O)O1)O2. The largest absolute Gasteiger partial charge is 0.507 e. The van der Waals surface area contributed by atoms with Crippen molar-refractivity contribution in [1.82, 2.24) is 5.32 Å². The number of phenols is 1. The molecule has 1 aromatic carbocycles. The molecule has 2 bridgehead atoms. The number of cyclic esters (lactones) is 1. The van der Waals surface area contributed by atoms with E-state index in [0.717, 1.165) is 0 Å². The summed E-state index contributed by atoms with van der Waals surface area (Å²) >= 11 is 0. The van der Waals surface area contributed by atoms with Crippen LogP contribution in [0.15, 0.2) is 42.6 Å². The number of aliphatic hydroxyl groups is 1. The second kappa shape index (κ2) is 10.8. The van der Waals surface area contributed by atoms with Crippen molar-refractivity contribution in [2.75, 3.05) is 0 Å². The van der Waals surface area contributed by atoms with E-state index in [1.165, 1.54) is 24.4 Å². The van der Waals surface area contributed by atoms with Crippen LogP contribution in [0.4, 0.5) is 0 Å². The maximum absolute atomic E-state index is 12.8. The van der Waals surface area contributed by atoms with E-state index in [9.17, 15) is 19.8 Å². The monoisotopic (exact) mass is 425 g/mol. The Morgan fingerprint density at radius 1 is 1.29 bits per heavy atom. The Hall–Kier alpha value is -3.08. The van der Waals surface area contributed by atoms with Gasteiger partial charge >= 0.3 is 5.97 Å². The smallest absolute Gasteiger partial charge is 0.342 e. The summed E-state index contributed by atoms with van der Waals surface area (Å²) in [4.78, 5) is 24.5. The average Bonchev–Trinajstić information content (AvgIpc) is 2.70. The molecule has 0 unspecified atom stereocenters. The molecule has 0 radical (unpaired) electrons. The Balaban J connectivity index is 1.74. The third kappa shape index (κ3) is 6.45. The molecule has 3 N–H and O–H groups in total. The van der Waals surface area contributed by atoms with Crippen molar-refractivity contribution in [2.45, 2.75) is 63.4 Å². The van der Waals surface area contributed by atoms with E-state index in [1.807, 2.05) is 0 Å². The molecule has 3 rings (SSSR count). The normalized spacial score (nSPS) is 25.9. The predicted molar refractivity (Wildman–Crippen MR) is 114 cm³/mol. The molecule has 31 heavy (non-hydrogen) atoms. The molecule has 0 aromatic heterocycles. The number of ether oxygens (including phenoxy) is 2. The minimum atomic E-state index is -0.586. The van der Waals surface area contributed by atoms with Gasteiger partial charge < -0.3 is 25.0 Å². The summed E-state index contributed by atoms with van der Waals surface area (Å²) in [6.45, 7) is 1.68. The van der Waals surface area contributed by atoms with Crippen molar-refractivity contribution in [3.05, 3.63) is 53.8 Å². The molecule has 0 spiro atoms. The van der Waals surface area contributed by atoms with Crippen LogP contribution in [0.2, 0.25) is 0 Å². The Labute approximate surface area is 181 Å². The third-order valence-corrected chi connectivity index (χ3v) is 5.24. The Kier molecular flexibility index (Phi) is 7.88. The van der Waals surface area contributed by atoms with Crippen LogP contribution in [0.5, 0.6) is 5.75 Å². The first-order valence-electron chi connectivity index (χ1n) is 10.4. The fourth-order valence-corrected chi connectivity index (χ4v) is 3.91. The summed E-state index contributed by atoms with van der Waals surface area (Å²) in [5.41, 5.74) is 0.766. The average molecular weight is 425 g/mol. The molecule has 7 nitrogen and oxygen atoms in total. The van der Waals surface area contributed by atoms with Gasteiger partial charge in [-0.2, -0.15) is 0 Å². The standard InChI is InChI=1S/C24H27NO6/c1-2-3-4-10-22(28)25-11-6-8-18-15-20-14-17(26)13-19(30-20)12-16-7-5-9-21(27)23(16)24(29)31-18/h4-7,9-11,17-20,26-27H,8,12-15H2,1H3,(H,25,28)/b10-4+,11-6+/t17-,18-,19+,20-/m0/s1. The number of carbonyl (C=O) groups excluding carboxylic acids is 2. The number of fused-ring (bicyclic) bond motifs is 3. The van der Waals surface area contributed by atoms with E-state index >= 15 is 0 Å². The van der Waals surface area contributed by atoms with Crippen molar-refractivity contribution < 1.29 is 29.3 Å². The zero-order valence-corrected chi connectivity index (χ0v) is 17.4. The summed E-state index contributed by atoms with van der Waals surface area (Å²) in [5.74, 6) is 4.28. The molecule has 0 saturated carbocycles. The molecule has 1 saturated heterocycles. The molecule has 1 fully saturated rings. The Morgan fingerprint density at radius 2 is 2.10 bits per heavy atom. The van der Waals surface area contributed by atoms with E-state index in [1.54, 1.807) is 25.1 Å². The summed E-state index contributed by atoms with van der Waals surface area (Å²) in [5, 5.41) is 23.1. The zero-order chi connectivity index (χ0) is 22.2. The van der Waals surface area contributed by atoms with Crippen LogP contribution in [0.25, 0.3) is 0 Å². The van der Waals surface area contributed by atoms with Crippen LogP contribution < -0.4 is 5.32 Å². The fraction of sp³-hybridized carbons (Fsp3) is 0.417. The second-order valence-electron chi connectivity index (χ2n) is 7.66. The third-order valence-electron chi connectivity index (χ3n) is 5.24. The molecule has 0 aliphatic carbocycles. The quantitative estimate of drug-likeness (QED) is 0.389. The second-order valence-corrected chi connectivity index (χ2v) is 7.66. The summed E-state index contributed by atoms with van der Waals surface area (Å²) in [6.07, 6.45) is 6.56. The van der Waals surface area contributed by atoms with Gasteiger partial charge in [0, 0.05) is 25.1 Å². The van der Waals surface area contributed by atoms with Gasteiger partial charge in [-0.05, 0) is 43.9 Å². The summed E-state index contributed by atoms with van der Waals surface area (Å²) in [7, 11) is 0. The molecule has 7 heteroatoms. The van der Waals surface area contributed by atoms with E-state index in [0.29, 0.717) is 37.7 Å². The van der Waals surface area contributed by atoms with Crippen molar-refractivity contribution >= 4 is 11.9 Å². The first-order valence-corrected chi connectivity index (χ1v) is 10.4. The molecule has 4 atom stereocenters. The van der Waals surface area contributed by atoms with Crippen LogP contribution in [-0.2, 0) is 20.7 Å².